The molecule has 0 radical (unpaired) electrons. The lowest BCUT2D eigenvalue weighted by atomic mass is 10.1. The fraction of sp³-hybridized carbons (Fsp3) is 0.538. The second-order valence-corrected chi connectivity index (χ2v) is 6.98. The van der Waals surface area contributed by atoms with Crippen LogP contribution in [-0.2, 0) is 0 Å². The van der Waals surface area contributed by atoms with Crippen LogP contribution in [0.25, 0.3) is 0 Å². The van der Waals surface area contributed by atoms with Crippen LogP contribution >= 0.6 is 0 Å². The Bertz CT molecular complexity index is 1040. The second kappa shape index (κ2) is 93.7. The average molecular weight is 802 g/mol. The van der Waals surface area contributed by atoms with E-state index in [-0.39, 0.29) is 0 Å². The fourth-order valence-electron chi connectivity index (χ4n) is 2.90. The molecule has 0 fully saturated rings. The summed E-state index contributed by atoms with van der Waals surface area (Å²) < 4.78 is 0. The molecule has 338 valence electrons. The van der Waals surface area contributed by atoms with Crippen LogP contribution in [0.4, 0.5) is 28.4 Å². The highest BCUT2D eigenvalue weighted by atomic mass is 14.9. The summed E-state index contributed by atoms with van der Waals surface area (Å²) in [6.45, 7) is 55.6. The molecule has 3 aromatic carbocycles. The molecular weight excluding hydrogens is 695 g/mol. The normalized spacial score (nSPS) is 9.18. The van der Waals surface area contributed by atoms with E-state index < -0.39 is 0 Å². The summed E-state index contributed by atoms with van der Waals surface area (Å²) in [4.78, 5) is 6.27. The molecule has 1 aliphatic rings. The summed E-state index contributed by atoms with van der Waals surface area (Å²) in [6, 6.07) is 26.1. The second-order valence-electron chi connectivity index (χ2n) is 6.98. The minimum atomic E-state index is 0.312. The van der Waals surface area contributed by atoms with Gasteiger partial charge in [0.1, 0.15) is 6.72 Å². The molecule has 57 heavy (non-hydrogen) atoms. The molecule has 0 spiro atoms. The molecule has 5 nitrogen and oxygen atoms in total. The summed E-state index contributed by atoms with van der Waals surface area (Å²) in [5, 5.41) is 6.58. The van der Waals surface area contributed by atoms with Gasteiger partial charge in [-0.15, -0.1) is 0 Å². The van der Waals surface area contributed by atoms with E-state index in [4.69, 9.17) is 5.73 Å². The monoisotopic (exact) mass is 802 g/mol. The molecule has 0 saturated carbocycles. The third-order valence-corrected chi connectivity index (χ3v) is 4.65. The Balaban J connectivity index is -0.0000000595. The largest absolute Gasteiger partial charge is 0.399 e. The van der Waals surface area contributed by atoms with Gasteiger partial charge in [0.05, 0.1) is 0 Å². The summed E-state index contributed by atoms with van der Waals surface area (Å²) >= 11 is 0. The molecule has 0 heterocycles. The quantitative estimate of drug-likeness (QED) is 0.132. The number of rotatable bonds is 5. The number of nitrogens with two attached hydrogens (primary N) is 1. The van der Waals surface area contributed by atoms with Crippen molar-refractivity contribution < 1.29 is 9.98 Å². The zero-order valence-corrected chi connectivity index (χ0v) is 43.7. The minimum Gasteiger partial charge on any atom is -0.399 e. The molecule has 6 N–H and O–H groups in total. The number of likely N-dealkylation sites (N-methyl/N-ethyl adjacent to an activating group) is 1. The first-order chi connectivity index (χ1) is 28.2. The predicted octanol–water partition coefficient (Wildman–Crippen LogP) is 15.3. The first-order valence-electron chi connectivity index (χ1n) is 23.1. The average Bonchev–Trinajstić information content (AvgIpc) is 3.36. The van der Waals surface area contributed by atoms with Crippen molar-refractivity contribution in [3.8, 4) is 0 Å². The van der Waals surface area contributed by atoms with Crippen molar-refractivity contribution in [2.45, 2.75) is 186 Å². The minimum absolute atomic E-state index is 0.312. The number of nitrogen functional groups attached to an aromatic ring is 1. The third-order valence-electron chi connectivity index (χ3n) is 4.65. The van der Waals surface area contributed by atoms with E-state index in [1.54, 1.807) is 0 Å². The lowest BCUT2D eigenvalue weighted by Crippen LogP contribution is -2.65. The molecule has 0 atom stereocenters. The van der Waals surface area contributed by atoms with Gasteiger partial charge in [-0.2, -0.15) is 0 Å². The van der Waals surface area contributed by atoms with Crippen molar-refractivity contribution in [3.05, 3.63) is 103 Å². The Morgan fingerprint density at radius 1 is 0.439 bits per heavy atom. The Morgan fingerprint density at radius 2 is 0.737 bits per heavy atom. The van der Waals surface area contributed by atoms with E-state index in [1.807, 2.05) is 242 Å². The number of para-hydroxylation sites is 1. The van der Waals surface area contributed by atoms with Gasteiger partial charge in [-0.3, -0.25) is 0 Å². The number of allylic oxidation sites excluding steroid dienone is 2. The third kappa shape index (κ3) is 61.5. The van der Waals surface area contributed by atoms with Crippen LogP contribution in [-0.4, -0.2) is 25.5 Å². The van der Waals surface area contributed by atoms with Gasteiger partial charge in [0, 0.05) is 59.5 Å². The molecule has 5 heteroatoms. The highest BCUT2D eigenvalue weighted by molar-refractivity contribution is 6.01. The van der Waals surface area contributed by atoms with Crippen LogP contribution < -0.4 is 26.4 Å². The first kappa shape index (κ1) is 81.3. The van der Waals surface area contributed by atoms with Crippen molar-refractivity contribution in [1.82, 2.24) is 5.32 Å². The first-order valence-corrected chi connectivity index (χ1v) is 23.1. The zero-order chi connectivity index (χ0) is 47.9. The Hall–Kier alpha value is -3.96. The Morgan fingerprint density at radius 3 is 0.982 bits per heavy atom. The number of hydrogen-bond acceptors (Lipinski definition) is 3. The molecule has 0 aliphatic heterocycles. The van der Waals surface area contributed by atoms with Gasteiger partial charge in [-0.05, 0) is 43.4 Å². The topological polar surface area (TPSA) is 78.0 Å². The standard InChI is InChI=1S/C20H20N4.C6H7N.13C2H6/c1-21-15-3-7-17(8-4-15)23-19-11-13-20(14-12-19)24-18-9-5-16(22-2)6-10-18;7-6-4-2-1-3-5-6;13*1-2/h3-14,16,22-23H,1H2,2H3;1-5H,7H2;13*1-2H3/p+2. The van der Waals surface area contributed by atoms with Crippen molar-refractivity contribution >= 4 is 40.9 Å². The summed E-state index contributed by atoms with van der Waals surface area (Å²) in [5.41, 5.74) is 11.4. The SMILES string of the molecule is C=[NH+]c1ccc(Nc2ccc([NH+]=C3C=CC(NC)C=C3)cc2)cc1.CC.CC.CC.CC.CC.CC.CC.CC.CC.CC.CC.CC.CC.Nc1ccccc1. The van der Waals surface area contributed by atoms with E-state index in [9.17, 15) is 0 Å². The highest BCUT2D eigenvalue weighted by Crippen LogP contribution is 2.18. The van der Waals surface area contributed by atoms with Gasteiger partial charge in [-0.1, -0.05) is 210 Å². The molecule has 0 bridgehead atoms. The van der Waals surface area contributed by atoms with Crippen LogP contribution in [0.2, 0.25) is 0 Å². The van der Waals surface area contributed by atoms with Gasteiger partial charge < -0.3 is 16.4 Å². The summed E-state index contributed by atoms with van der Waals surface area (Å²) in [6.07, 6.45) is 8.43. The molecule has 4 rings (SSSR count). The maximum Gasteiger partial charge on any atom is 0.204 e. The van der Waals surface area contributed by atoms with E-state index in [0.29, 0.717) is 6.04 Å². The summed E-state index contributed by atoms with van der Waals surface area (Å²) in [5.74, 6) is 0. The van der Waals surface area contributed by atoms with Crippen molar-refractivity contribution in [3.63, 3.8) is 0 Å². The molecule has 0 saturated heterocycles. The van der Waals surface area contributed by atoms with Gasteiger partial charge in [-0.25, -0.2) is 9.98 Å². The summed E-state index contributed by atoms with van der Waals surface area (Å²) in [7, 11) is 1.95. The van der Waals surface area contributed by atoms with Crippen LogP contribution in [0.15, 0.2) is 103 Å². The van der Waals surface area contributed by atoms with E-state index >= 15 is 0 Å². The number of hydrogen-bond donors (Lipinski definition) is 5. The molecule has 3 aromatic rings. The maximum absolute atomic E-state index is 5.36. The van der Waals surface area contributed by atoms with Gasteiger partial charge in [0.2, 0.25) is 17.1 Å². The molecule has 0 aromatic heterocycles. The van der Waals surface area contributed by atoms with Gasteiger partial charge >= 0.3 is 0 Å². The van der Waals surface area contributed by atoms with Crippen LogP contribution in [0.5, 0.6) is 0 Å². The van der Waals surface area contributed by atoms with Crippen molar-refractivity contribution in [2.24, 2.45) is 0 Å². The zero-order valence-electron chi connectivity index (χ0n) is 43.7. The van der Waals surface area contributed by atoms with E-state index in [1.165, 1.54) is 0 Å². The number of nitrogens with one attached hydrogen (secondary N) is 4. The fourth-order valence-corrected chi connectivity index (χ4v) is 2.90. The number of anilines is 3. The lowest BCUT2D eigenvalue weighted by Gasteiger charge is -2.07. The smallest absolute Gasteiger partial charge is 0.204 e. The van der Waals surface area contributed by atoms with Crippen LogP contribution in [0, 0.1) is 0 Å². The van der Waals surface area contributed by atoms with Gasteiger partial charge in [0.15, 0.2) is 0 Å². The van der Waals surface area contributed by atoms with Crippen molar-refractivity contribution in [1.29, 1.82) is 0 Å². The predicted molar refractivity (Wildman–Crippen MR) is 279 cm³/mol. The Kier molecular flexibility index (Phi) is 134. The molecule has 1 aliphatic carbocycles. The van der Waals surface area contributed by atoms with E-state index in [0.717, 1.165) is 34.1 Å². The van der Waals surface area contributed by atoms with Gasteiger partial charge in [0.25, 0.3) is 0 Å². The van der Waals surface area contributed by atoms with E-state index in [2.05, 4.69) is 75.9 Å². The molecule has 0 unspecified atom stereocenters. The van der Waals surface area contributed by atoms with Crippen LogP contribution in [0.1, 0.15) is 180 Å². The lowest BCUT2D eigenvalue weighted by molar-refractivity contribution is -0.351. The maximum atomic E-state index is 5.36. The number of benzene rings is 3. The molecule has 0 amide bonds. The van der Waals surface area contributed by atoms with Crippen LogP contribution in [0.3, 0.4) is 0 Å². The Labute approximate surface area is 362 Å². The molecular formula is C52H107N5+2. The van der Waals surface area contributed by atoms with Crippen molar-refractivity contribution in [2.75, 3.05) is 18.1 Å². The highest BCUT2D eigenvalue weighted by Gasteiger charge is 2.07.